The van der Waals surface area contributed by atoms with Crippen molar-refractivity contribution in [2.75, 3.05) is 5.88 Å². The highest BCUT2D eigenvalue weighted by Gasteiger charge is 2.19. The summed E-state index contributed by atoms with van der Waals surface area (Å²) < 4.78 is 0. The fourth-order valence-corrected chi connectivity index (χ4v) is 0.988. The van der Waals surface area contributed by atoms with Crippen LogP contribution in [0.1, 0.15) is 20.3 Å². The molecule has 4 heteroatoms. The Hall–Kier alpha value is -0.310. The number of rotatable bonds is 4. The molecule has 0 saturated heterocycles. The van der Waals surface area contributed by atoms with Crippen molar-refractivity contribution in [3.05, 3.63) is 10.1 Å². The van der Waals surface area contributed by atoms with E-state index >= 15 is 0 Å². The molecule has 10 heavy (non-hydrogen) atoms. The smallest absolute Gasteiger partial charge is 0.226 e. The van der Waals surface area contributed by atoms with Crippen molar-refractivity contribution in [3.63, 3.8) is 0 Å². The first-order valence-corrected chi connectivity index (χ1v) is 3.80. The molecular formula is C6H12ClNO2. The van der Waals surface area contributed by atoms with Crippen LogP contribution in [0.4, 0.5) is 0 Å². The maximum absolute atomic E-state index is 10.2. The minimum Gasteiger partial charge on any atom is -0.264 e. The van der Waals surface area contributed by atoms with Crippen molar-refractivity contribution < 1.29 is 4.92 Å². The molecule has 0 rings (SSSR count). The van der Waals surface area contributed by atoms with Crippen LogP contribution in [-0.4, -0.2) is 16.8 Å². The van der Waals surface area contributed by atoms with Crippen molar-refractivity contribution >= 4 is 11.6 Å². The number of halogens is 1. The van der Waals surface area contributed by atoms with E-state index in [1.807, 2.05) is 13.8 Å². The Morgan fingerprint density at radius 3 is 2.20 bits per heavy atom. The lowest BCUT2D eigenvalue weighted by atomic mass is 10.1. The molecule has 0 aliphatic carbocycles. The van der Waals surface area contributed by atoms with Gasteiger partial charge in [0.2, 0.25) is 6.04 Å². The van der Waals surface area contributed by atoms with E-state index in [2.05, 4.69) is 0 Å². The highest BCUT2D eigenvalue weighted by Crippen LogP contribution is 2.08. The summed E-state index contributed by atoms with van der Waals surface area (Å²) in [5.41, 5.74) is 0. The van der Waals surface area contributed by atoms with E-state index in [1.165, 1.54) is 0 Å². The first-order chi connectivity index (χ1) is 4.57. The van der Waals surface area contributed by atoms with Crippen LogP contribution in [-0.2, 0) is 0 Å². The quantitative estimate of drug-likeness (QED) is 0.363. The summed E-state index contributed by atoms with van der Waals surface area (Å²) >= 11 is 5.36. The number of hydrogen-bond donors (Lipinski definition) is 0. The molecule has 0 spiro atoms. The van der Waals surface area contributed by atoms with E-state index in [-0.39, 0.29) is 10.8 Å². The average Bonchev–Trinajstić information content (AvgIpc) is 1.81. The lowest BCUT2D eigenvalue weighted by molar-refractivity contribution is -0.518. The first-order valence-electron chi connectivity index (χ1n) is 3.27. The molecular weight excluding hydrogens is 154 g/mol. The highest BCUT2D eigenvalue weighted by atomic mass is 35.5. The standard InChI is InChI=1S/C6H12ClNO2/c1-5(2)3-6(4-7)8(9)10/h5-6H,3-4H2,1-2H3. The molecule has 0 aromatic heterocycles. The maximum atomic E-state index is 10.2. The van der Waals surface area contributed by atoms with Gasteiger partial charge in [-0.25, -0.2) is 0 Å². The van der Waals surface area contributed by atoms with Crippen LogP contribution in [0.15, 0.2) is 0 Å². The molecule has 1 atom stereocenters. The molecule has 0 heterocycles. The molecule has 3 nitrogen and oxygen atoms in total. The van der Waals surface area contributed by atoms with Gasteiger partial charge in [-0.05, 0) is 5.92 Å². The molecule has 0 aliphatic rings. The number of hydrogen-bond acceptors (Lipinski definition) is 2. The van der Waals surface area contributed by atoms with Gasteiger partial charge < -0.3 is 0 Å². The normalized spacial score (nSPS) is 13.6. The number of nitrogens with zero attached hydrogens (tertiary/aromatic N) is 1. The zero-order valence-corrected chi connectivity index (χ0v) is 6.97. The first kappa shape index (κ1) is 9.69. The second-order valence-corrected chi connectivity index (χ2v) is 3.03. The fraction of sp³-hybridized carbons (Fsp3) is 1.00. The van der Waals surface area contributed by atoms with E-state index in [4.69, 9.17) is 11.6 Å². The largest absolute Gasteiger partial charge is 0.264 e. The van der Waals surface area contributed by atoms with E-state index in [0.29, 0.717) is 12.3 Å². The summed E-state index contributed by atoms with van der Waals surface area (Å²) in [6.07, 6.45) is 0.566. The SMILES string of the molecule is CC(C)CC(CCl)[N+](=O)[O-]. The third-order valence-electron chi connectivity index (χ3n) is 1.22. The average molecular weight is 166 g/mol. The van der Waals surface area contributed by atoms with E-state index in [9.17, 15) is 10.1 Å². The summed E-state index contributed by atoms with van der Waals surface area (Å²) in [6, 6.07) is -0.568. The third-order valence-corrected chi connectivity index (χ3v) is 1.58. The minimum atomic E-state index is -0.568. The van der Waals surface area contributed by atoms with Gasteiger partial charge in [-0.3, -0.25) is 10.1 Å². The van der Waals surface area contributed by atoms with Crippen molar-refractivity contribution in [1.29, 1.82) is 0 Å². The van der Waals surface area contributed by atoms with Crippen molar-refractivity contribution in [1.82, 2.24) is 0 Å². The Morgan fingerprint density at radius 1 is 1.60 bits per heavy atom. The lowest BCUT2D eigenvalue weighted by Gasteiger charge is -2.07. The predicted octanol–water partition coefficient (Wildman–Crippen LogP) is 1.92. The van der Waals surface area contributed by atoms with Gasteiger partial charge in [0.25, 0.3) is 0 Å². The fourth-order valence-electron chi connectivity index (χ4n) is 0.750. The lowest BCUT2D eigenvalue weighted by Crippen LogP contribution is -2.22. The molecule has 0 fully saturated rings. The summed E-state index contributed by atoms with van der Waals surface area (Å²) in [5, 5.41) is 10.2. The third kappa shape index (κ3) is 3.67. The summed E-state index contributed by atoms with van der Waals surface area (Å²) in [4.78, 5) is 9.87. The number of nitro groups is 1. The van der Waals surface area contributed by atoms with Crippen LogP contribution < -0.4 is 0 Å². The van der Waals surface area contributed by atoms with Crippen molar-refractivity contribution in [3.8, 4) is 0 Å². The molecule has 0 aromatic rings. The summed E-state index contributed by atoms with van der Waals surface area (Å²) in [5.74, 6) is 0.458. The predicted molar refractivity (Wildman–Crippen MR) is 41.0 cm³/mol. The zero-order valence-electron chi connectivity index (χ0n) is 6.21. The molecule has 0 saturated carbocycles. The minimum absolute atomic E-state index is 0.116. The van der Waals surface area contributed by atoms with Crippen molar-refractivity contribution in [2.24, 2.45) is 5.92 Å². The second kappa shape index (κ2) is 4.50. The van der Waals surface area contributed by atoms with Crippen LogP contribution >= 0.6 is 11.6 Å². The Bertz CT molecular complexity index is 116. The van der Waals surface area contributed by atoms with Gasteiger partial charge in [0.15, 0.2) is 0 Å². The van der Waals surface area contributed by atoms with Gasteiger partial charge in [0.1, 0.15) is 0 Å². The monoisotopic (exact) mass is 165 g/mol. The van der Waals surface area contributed by atoms with Crippen LogP contribution in [0.5, 0.6) is 0 Å². The van der Waals surface area contributed by atoms with Crippen LogP contribution in [0, 0.1) is 16.0 Å². The van der Waals surface area contributed by atoms with E-state index in [0.717, 1.165) is 0 Å². The Morgan fingerprint density at radius 2 is 2.10 bits per heavy atom. The Balaban J connectivity index is 3.72. The van der Waals surface area contributed by atoms with Gasteiger partial charge in [-0.2, -0.15) is 0 Å². The molecule has 0 amide bonds. The van der Waals surface area contributed by atoms with Gasteiger partial charge in [0, 0.05) is 11.3 Å². The zero-order chi connectivity index (χ0) is 8.15. The van der Waals surface area contributed by atoms with Gasteiger partial charge in [-0.15, -0.1) is 11.6 Å². The van der Waals surface area contributed by atoms with E-state index < -0.39 is 6.04 Å². The van der Waals surface area contributed by atoms with Crippen LogP contribution in [0.2, 0.25) is 0 Å². The summed E-state index contributed by atoms with van der Waals surface area (Å²) in [7, 11) is 0. The van der Waals surface area contributed by atoms with Gasteiger partial charge >= 0.3 is 0 Å². The molecule has 60 valence electrons. The number of alkyl halides is 1. The molecule has 0 aromatic carbocycles. The van der Waals surface area contributed by atoms with Crippen LogP contribution in [0.25, 0.3) is 0 Å². The summed E-state index contributed by atoms with van der Waals surface area (Å²) in [6.45, 7) is 3.89. The highest BCUT2D eigenvalue weighted by molar-refractivity contribution is 6.18. The van der Waals surface area contributed by atoms with E-state index in [1.54, 1.807) is 0 Å². The Kier molecular flexibility index (Phi) is 4.36. The molecule has 0 N–H and O–H groups in total. The molecule has 1 unspecified atom stereocenters. The molecule has 0 radical (unpaired) electrons. The van der Waals surface area contributed by atoms with Crippen molar-refractivity contribution in [2.45, 2.75) is 26.3 Å². The van der Waals surface area contributed by atoms with Gasteiger partial charge in [0.05, 0.1) is 5.88 Å². The topological polar surface area (TPSA) is 43.1 Å². The maximum Gasteiger partial charge on any atom is 0.226 e. The Labute approximate surface area is 65.5 Å². The van der Waals surface area contributed by atoms with Crippen LogP contribution in [0.3, 0.4) is 0 Å². The molecule has 0 aliphatic heterocycles. The second-order valence-electron chi connectivity index (χ2n) is 2.72. The van der Waals surface area contributed by atoms with Gasteiger partial charge in [-0.1, -0.05) is 13.8 Å². The molecule has 0 bridgehead atoms.